The van der Waals surface area contributed by atoms with Gasteiger partial charge in [0, 0.05) is 13.5 Å². The average Bonchev–Trinajstić information content (AvgIpc) is 2.27. The Labute approximate surface area is 99.9 Å². The highest BCUT2D eigenvalue weighted by atomic mass is 16.4. The zero-order valence-electron chi connectivity index (χ0n) is 9.93. The van der Waals surface area contributed by atoms with Gasteiger partial charge in [-0.1, -0.05) is 18.2 Å². The van der Waals surface area contributed by atoms with Gasteiger partial charge in [0.2, 0.25) is 5.91 Å². The lowest BCUT2D eigenvalue weighted by Gasteiger charge is -2.33. The molecule has 0 saturated carbocycles. The van der Waals surface area contributed by atoms with Crippen LogP contribution in [0, 0.1) is 6.92 Å². The Morgan fingerprint density at radius 3 is 2.71 bits per heavy atom. The van der Waals surface area contributed by atoms with E-state index >= 15 is 0 Å². The molecule has 0 aromatic heterocycles. The highest BCUT2D eigenvalue weighted by molar-refractivity contribution is 5.95. The molecular weight excluding hydrogens is 218 g/mol. The molecule has 2 rings (SSSR count). The van der Waals surface area contributed by atoms with Gasteiger partial charge in [0.1, 0.15) is 0 Å². The van der Waals surface area contributed by atoms with E-state index in [1.807, 2.05) is 19.1 Å². The van der Waals surface area contributed by atoms with Crippen molar-refractivity contribution in [1.82, 2.24) is 0 Å². The predicted molar refractivity (Wildman–Crippen MR) is 64.2 cm³/mol. The molecular formula is C13H15NO3. The van der Waals surface area contributed by atoms with E-state index in [-0.39, 0.29) is 5.91 Å². The lowest BCUT2D eigenvalue weighted by molar-refractivity contribution is -0.139. The molecule has 0 spiro atoms. The average molecular weight is 233 g/mol. The Morgan fingerprint density at radius 1 is 1.41 bits per heavy atom. The number of anilines is 1. The van der Waals surface area contributed by atoms with Crippen molar-refractivity contribution in [3.05, 3.63) is 29.3 Å². The van der Waals surface area contributed by atoms with Crippen LogP contribution in [0.3, 0.4) is 0 Å². The van der Waals surface area contributed by atoms with Crippen LogP contribution in [0.5, 0.6) is 0 Å². The molecule has 0 fully saturated rings. The third-order valence-electron chi connectivity index (χ3n) is 3.23. The summed E-state index contributed by atoms with van der Waals surface area (Å²) in [6, 6.07) is 5.54. The maximum Gasteiger partial charge on any atom is 0.311 e. The first kappa shape index (κ1) is 11.6. The topological polar surface area (TPSA) is 57.6 Å². The standard InChI is InChI=1S/C13H15NO3/c1-8-4-3-5-10-11(13(16)17)6-7-14(9(2)15)12(8)10/h3-5,11H,6-7H2,1-2H3,(H,16,17). The van der Waals surface area contributed by atoms with Crippen LogP contribution in [0.1, 0.15) is 30.4 Å². The molecule has 90 valence electrons. The Balaban J connectivity index is 2.57. The first-order valence-electron chi connectivity index (χ1n) is 5.62. The van der Waals surface area contributed by atoms with Gasteiger partial charge in [0.15, 0.2) is 0 Å². The fourth-order valence-electron chi connectivity index (χ4n) is 2.43. The van der Waals surface area contributed by atoms with Gasteiger partial charge in [-0.3, -0.25) is 9.59 Å². The van der Waals surface area contributed by atoms with Crippen LogP contribution >= 0.6 is 0 Å². The van der Waals surface area contributed by atoms with Crippen molar-refractivity contribution in [1.29, 1.82) is 0 Å². The Morgan fingerprint density at radius 2 is 2.12 bits per heavy atom. The Bertz CT molecular complexity index is 482. The zero-order valence-corrected chi connectivity index (χ0v) is 9.93. The Hall–Kier alpha value is -1.84. The number of carboxylic acid groups (broad SMARTS) is 1. The van der Waals surface area contributed by atoms with Gasteiger partial charge in [-0.15, -0.1) is 0 Å². The normalized spacial score (nSPS) is 18.7. The van der Waals surface area contributed by atoms with E-state index in [1.165, 1.54) is 6.92 Å². The maximum atomic E-state index is 11.6. The van der Waals surface area contributed by atoms with Crippen LogP contribution in [0.25, 0.3) is 0 Å². The van der Waals surface area contributed by atoms with Gasteiger partial charge < -0.3 is 10.0 Å². The fourth-order valence-corrected chi connectivity index (χ4v) is 2.43. The summed E-state index contributed by atoms with van der Waals surface area (Å²) in [4.78, 5) is 24.4. The molecule has 1 aromatic rings. The van der Waals surface area contributed by atoms with E-state index in [4.69, 9.17) is 0 Å². The highest BCUT2D eigenvalue weighted by Gasteiger charge is 2.32. The molecule has 0 saturated heterocycles. The number of hydrogen-bond acceptors (Lipinski definition) is 2. The zero-order chi connectivity index (χ0) is 12.6. The van der Waals surface area contributed by atoms with Crippen LogP contribution in [0.4, 0.5) is 5.69 Å². The molecule has 1 atom stereocenters. The predicted octanol–water partition coefficient (Wildman–Crippen LogP) is 1.92. The first-order chi connectivity index (χ1) is 8.02. The number of aliphatic carboxylic acids is 1. The fraction of sp³-hybridized carbons (Fsp3) is 0.385. The molecule has 4 nitrogen and oxygen atoms in total. The number of benzene rings is 1. The summed E-state index contributed by atoms with van der Waals surface area (Å²) in [5.41, 5.74) is 2.47. The number of hydrogen-bond donors (Lipinski definition) is 1. The molecule has 0 bridgehead atoms. The van der Waals surface area contributed by atoms with Crippen LogP contribution in [0.15, 0.2) is 18.2 Å². The summed E-state index contributed by atoms with van der Waals surface area (Å²) < 4.78 is 0. The maximum absolute atomic E-state index is 11.6. The van der Waals surface area contributed by atoms with Crippen molar-refractivity contribution in [2.24, 2.45) is 0 Å². The number of para-hydroxylation sites is 1. The molecule has 1 heterocycles. The summed E-state index contributed by atoms with van der Waals surface area (Å²) >= 11 is 0. The van der Waals surface area contributed by atoms with E-state index in [0.717, 1.165) is 16.8 Å². The van der Waals surface area contributed by atoms with Gasteiger partial charge in [-0.25, -0.2) is 0 Å². The second-order valence-corrected chi connectivity index (χ2v) is 4.36. The van der Waals surface area contributed by atoms with E-state index in [1.54, 1.807) is 11.0 Å². The number of carbonyl (C=O) groups is 2. The van der Waals surface area contributed by atoms with Crippen LogP contribution in [-0.2, 0) is 9.59 Å². The second kappa shape index (κ2) is 4.20. The summed E-state index contributed by atoms with van der Waals surface area (Å²) in [5.74, 6) is -1.36. The lowest BCUT2D eigenvalue weighted by Crippen LogP contribution is -2.37. The summed E-state index contributed by atoms with van der Waals surface area (Å²) in [7, 11) is 0. The third kappa shape index (κ3) is 1.90. The van der Waals surface area contributed by atoms with Crippen molar-refractivity contribution in [3.8, 4) is 0 Å². The smallest absolute Gasteiger partial charge is 0.311 e. The highest BCUT2D eigenvalue weighted by Crippen LogP contribution is 2.37. The van der Waals surface area contributed by atoms with E-state index in [2.05, 4.69) is 0 Å². The summed E-state index contributed by atoms with van der Waals surface area (Å²) in [6.07, 6.45) is 0.478. The molecule has 1 N–H and O–H groups in total. The number of fused-ring (bicyclic) bond motifs is 1. The van der Waals surface area contributed by atoms with Crippen LogP contribution in [-0.4, -0.2) is 23.5 Å². The molecule has 4 heteroatoms. The van der Waals surface area contributed by atoms with Crippen molar-refractivity contribution in [3.63, 3.8) is 0 Å². The van der Waals surface area contributed by atoms with Crippen LogP contribution in [0.2, 0.25) is 0 Å². The van der Waals surface area contributed by atoms with Gasteiger partial charge in [-0.05, 0) is 24.5 Å². The van der Waals surface area contributed by atoms with Crippen molar-refractivity contribution >= 4 is 17.6 Å². The van der Waals surface area contributed by atoms with Crippen LogP contribution < -0.4 is 4.90 Å². The number of amides is 1. The molecule has 1 aliphatic heterocycles. The Kier molecular flexibility index (Phi) is 2.88. The number of rotatable bonds is 1. The minimum Gasteiger partial charge on any atom is -0.481 e. The molecule has 1 amide bonds. The van der Waals surface area contributed by atoms with E-state index in [0.29, 0.717) is 13.0 Å². The van der Waals surface area contributed by atoms with Gasteiger partial charge in [0.25, 0.3) is 0 Å². The number of nitrogens with zero attached hydrogens (tertiary/aromatic N) is 1. The quantitative estimate of drug-likeness (QED) is 0.806. The monoisotopic (exact) mass is 233 g/mol. The number of carboxylic acids is 1. The third-order valence-corrected chi connectivity index (χ3v) is 3.23. The first-order valence-corrected chi connectivity index (χ1v) is 5.62. The van der Waals surface area contributed by atoms with E-state index < -0.39 is 11.9 Å². The summed E-state index contributed by atoms with van der Waals surface area (Å²) in [5, 5.41) is 9.20. The van der Waals surface area contributed by atoms with Crippen molar-refractivity contribution in [2.75, 3.05) is 11.4 Å². The molecule has 17 heavy (non-hydrogen) atoms. The van der Waals surface area contributed by atoms with Gasteiger partial charge >= 0.3 is 5.97 Å². The molecule has 1 aromatic carbocycles. The number of carbonyl (C=O) groups excluding carboxylic acids is 1. The molecule has 1 unspecified atom stereocenters. The molecule has 0 radical (unpaired) electrons. The minimum atomic E-state index is -0.819. The van der Waals surface area contributed by atoms with Gasteiger partial charge in [-0.2, -0.15) is 0 Å². The van der Waals surface area contributed by atoms with E-state index in [9.17, 15) is 14.7 Å². The van der Waals surface area contributed by atoms with Crippen molar-refractivity contribution < 1.29 is 14.7 Å². The van der Waals surface area contributed by atoms with Crippen molar-refractivity contribution in [2.45, 2.75) is 26.2 Å². The number of aryl methyl sites for hydroxylation is 1. The second-order valence-electron chi connectivity index (χ2n) is 4.36. The largest absolute Gasteiger partial charge is 0.481 e. The minimum absolute atomic E-state index is 0.0376. The lowest BCUT2D eigenvalue weighted by atomic mass is 9.88. The summed E-state index contributed by atoms with van der Waals surface area (Å²) in [6.45, 7) is 3.89. The molecule has 0 aliphatic carbocycles. The molecule has 1 aliphatic rings. The SMILES string of the molecule is CC(=O)N1CCC(C(=O)O)c2cccc(C)c21. The van der Waals surface area contributed by atoms with Gasteiger partial charge in [0.05, 0.1) is 11.6 Å².